The summed E-state index contributed by atoms with van der Waals surface area (Å²) in [6.45, 7) is 3.97. The average molecular weight is 461 g/mol. The molecule has 1 unspecified atom stereocenters. The summed E-state index contributed by atoms with van der Waals surface area (Å²) in [5, 5.41) is 0. The van der Waals surface area contributed by atoms with E-state index in [0.717, 1.165) is 42.1 Å². The van der Waals surface area contributed by atoms with Crippen molar-refractivity contribution < 1.29 is 8.78 Å². The summed E-state index contributed by atoms with van der Waals surface area (Å²) in [5.41, 5.74) is 5.41. The average Bonchev–Trinajstić information content (AvgIpc) is 2.91. The lowest BCUT2D eigenvalue weighted by atomic mass is 9.70. The molecule has 0 heterocycles. The molecule has 5 rings (SSSR count). The van der Waals surface area contributed by atoms with Gasteiger partial charge in [-0.2, -0.15) is 0 Å². The maximum absolute atomic E-state index is 13.6. The highest BCUT2D eigenvalue weighted by Gasteiger charge is 2.30. The first-order valence-corrected chi connectivity index (χ1v) is 13.5. The van der Waals surface area contributed by atoms with Gasteiger partial charge < -0.3 is 0 Å². The predicted octanol–water partition coefficient (Wildman–Crippen LogP) is 9.58. The minimum absolute atomic E-state index is 0.381. The molecule has 0 spiro atoms. The first-order chi connectivity index (χ1) is 16.6. The van der Waals surface area contributed by atoms with Gasteiger partial charge in [0, 0.05) is 0 Å². The first-order valence-electron chi connectivity index (χ1n) is 13.5. The van der Waals surface area contributed by atoms with E-state index < -0.39 is 11.6 Å². The largest absolute Gasteiger partial charge is 0.204 e. The van der Waals surface area contributed by atoms with E-state index in [1.165, 1.54) is 86.6 Å². The molecule has 0 bridgehead atoms. The van der Waals surface area contributed by atoms with Gasteiger partial charge in [0.25, 0.3) is 0 Å². The summed E-state index contributed by atoms with van der Waals surface area (Å²) in [6, 6.07) is 13.9. The van der Waals surface area contributed by atoms with Crippen LogP contribution in [0.4, 0.5) is 8.78 Å². The van der Waals surface area contributed by atoms with Crippen LogP contribution in [-0.4, -0.2) is 0 Å². The molecule has 0 amide bonds. The molecule has 0 nitrogen and oxygen atoms in total. The SMILES string of the molecule is C=CC1CCC(c2ccc(C3=CCC(C4CCC(c5ccc(F)c(F)c5)CC4)CC3)cc2)CC1. The lowest BCUT2D eigenvalue weighted by Gasteiger charge is -2.35. The smallest absolute Gasteiger partial charge is 0.159 e. The maximum atomic E-state index is 13.6. The van der Waals surface area contributed by atoms with Gasteiger partial charge in [0.15, 0.2) is 11.6 Å². The van der Waals surface area contributed by atoms with Gasteiger partial charge in [-0.15, -0.1) is 6.58 Å². The number of halogens is 2. The molecule has 1 atom stereocenters. The number of benzene rings is 2. The third-order valence-corrected chi connectivity index (χ3v) is 9.16. The summed E-state index contributed by atoms with van der Waals surface area (Å²) in [6.07, 6.45) is 18.0. The summed E-state index contributed by atoms with van der Waals surface area (Å²) in [4.78, 5) is 0. The standard InChI is InChI=1S/C32H38F2/c1-2-22-3-5-23(6-4-22)24-7-9-25(10-8-24)26-11-13-27(14-12-26)28-15-17-29(18-16-28)30-19-20-31(33)32(34)21-30/h2,7-11,19-23,27-29H,1,3-6,12-18H2. The molecule has 0 N–H and O–H groups in total. The molecule has 180 valence electrons. The predicted molar refractivity (Wildman–Crippen MR) is 138 cm³/mol. The molecule has 2 aromatic carbocycles. The van der Waals surface area contributed by atoms with E-state index in [2.05, 4.69) is 43.0 Å². The Morgan fingerprint density at radius 1 is 0.676 bits per heavy atom. The summed E-state index contributed by atoms with van der Waals surface area (Å²) < 4.78 is 26.9. The van der Waals surface area contributed by atoms with Crippen molar-refractivity contribution in [2.75, 3.05) is 0 Å². The quantitative estimate of drug-likeness (QED) is 0.390. The van der Waals surface area contributed by atoms with Crippen LogP contribution >= 0.6 is 0 Å². The van der Waals surface area contributed by atoms with E-state index >= 15 is 0 Å². The van der Waals surface area contributed by atoms with Crippen LogP contribution in [0.2, 0.25) is 0 Å². The Labute approximate surface area is 204 Å². The number of hydrogen-bond acceptors (Lipinski definition) is 0. The Balaban J connectivity index is 1.13. The van der Waals surface area contributed by atoms with Gasteiger partial charge in [0.2, 0.25) is 0 Å². The van der Waals surface area contributed by atoms with E-state index in [9.17, 15) is 8.78 Å². The normalized spacial score (nSPS) is 29.9. The van der Waals surface area contributed by atoms with Gasteiger partial charge in [-0.05, 0) is 135 Å². The Morgan fingerprint density at radius 3 is 1.94 bits per heavy atom. The van der Waals surface area contributed by atoms with Crippen molar-refractivity contribution in [1.29, 1.82) is 0 Å². The molecule has 3 aliphatic rings. The molecule has 34 heavy (non-hydrogen) atoms. The van der Waals surface area contributed by atoms with E-state index in [1.807, 2.05) is 0 Å². The zero-order valence-corrected chi connectivity index (χ0v) is 20.3. The van der Waals surface area contributed by atoms with E-state index in [0.29, 0.717) is 5.92 Å². The molecule has 0 aromatic heterocycles. The van der Waals surface area contributed by atoms with Crippen LogP contribution < -0.4 is 0 Å². The van der Waals surface area contributed by atoms with Crippen molar-refractivity contribution in [2.45, 2.75) is 82.5 Å². The third-order valence-electron chi connectivity index (χ3n) is 9.16. The highest BCUT2D eigenvalue weighted by molar-refractivity contribution is 5.66. The summed E-state index contributed by atoms with van der Waals surface area (Å²) >= 11 is 0. The van der Waals surface area contributed by atoms with Gasteiger partial charge in [-0.3, -0.25) is 0 Å². The highest BCUT2D eigenvalue weighted by Crippen LogP contribution is 2.44. The zero-order chi connectivity index (χ0) is 23.5. The van der Waals surface area contributed by atoms with Crippen molar-refractivity contribution in [2.24, 2.45) is 17.8 Å². The maximum Gasteiger partial charge on any atom is 0.159 e. The molecule has 0 aliphatic heterocycles. The van der Waals surface area contributed by atoms with Gasteiger partial charge in [0.1, 0.15) is 0 Å². The lowest BCUT2D eigenvalue weighted by molar-refractivity contribution is 0.220. The molecular formula is C32H38F2. The van der Waals surface area contributed by atoms with Gasteiger partial charge in [-0.25, -0.2) is 8.78 Å². The zero-order valence-electron chi connectivity index (χ0n) is 20.3. The number of hydrogen-bond donors (Lipinski definition) is 0. The van der Waals surface area contributed by atoms with Gasteiger partial charge in [0.05, 0.1) is 0 Å². The second-order valence-corrected chi connectivity index (χ2v) is 11.0. The Kier molecular flexibility index (Phi) is 7.32. The first kappa shape index (κ1) is 23.5. The molecule has 0 saturated heterocycles. The van der Waals surface area contributed by atoms with Crippen molar-refractivity contribution in [3.63, 3.8) is 0 Å². The topological polar surface area (TPSA) is 0 Å². The molecular weight excluding hydrogens is 422 g/mol. The molecule has 2 heteroatoms. The van der Waals surface area contributed by atoms with E-state index in [-0.39, 0.29) is 0 Å². The monoisotopic (exact) mass is 460 g/mol. The molecule has 0 radical (unpaired) electrons. The second kappa shape index (κ2) is 10.6. The van der Waals surface area contributed by atoms with Gasteiger partial charge >= 0.3 is 0 Å². The van der Waals surface area contributed by atoms with Crippen LogP contribution in [0.3, 0.4) is 0 Å². The van der Waals surface area contributed by atoms with Gasteiger partial charge in [-0.1, -0.05) is 42.5 Å². The van der Waals surface area contributed by atoms with Crippen molar-refractivity contribution >= 4 is 5.57 Å². The van der Waals surface area contributed by atoms with Crippen molar-refractivity contribution in [3.8, 4) is 0 Å². The van der Waals surface area contributed by atoms with Crippen LogP contribution in [-0.2, 0) is 0 Å². The van der Waals surface area contributed by atoms with Crippen LogP contribution in [0, 0.1) is 29.4 Å². The van der Waals surface area contributed by atoms with E-state index in [4.69, 9.17) is 0 Å². The van der Waals surface area contributed by atoms with Crippen LogP contribution in [0.1, 0.15) is 99.2 Å². The minimum atomic E-state index is -0.743. The Morgan fingerprint density at radius 2 is 1.32 bits per heavy atom. The highest BCUT2D eigenvalue weighted by atomic mass is 19.2. The van der Waals surface area contributed by atoms with E-state index in [1.54, 1.807) is 6.07 Å². The van der Waals surface area contributed by atoms with Crippen LogP contribution in [0.5, 0.6) is 0 Å². The Bertz CT molecular complexity index is 1000. The van der Waals surface area contributed by atoms with Crippen LogP contribution in [0.15, 0.2) is 61.2 Å². The fraction of sp³-hybridized carbons (Fsp3) is 0.500. The number of rotatable bonds is 5. The summed E-state index contributed by atoms with van der Waals surface area (Å²) in [5.74, 6) is 1.91. The van der Waals surface area contributed by atoms with Crippen molar-refractivity contribution in [1.82, 2.24) is 0 Å². The second-order valence-electron chi connectivity index (χ2n) is 11.0. The molecule has 2 fully saturated rings. The fourth-order valence-corrected chi connectivity index (χ4v) is 6.89. The number of allylic oxidation sites excluding steroid dienone is 3. The lowest BCUT2D eigenvalue weighted by Crippen LogP contribution is -2.22. The molecule has 3 aliphatic carbocycles. The Hall–Kier alpha value is -2.22. The van der Waals surface area contributed by atoms with Crippen LogP contribution in [0.25, 0.3) is 5.57 Å². The summed E-state index contributed by atoms with van der Waals surface area (Å²) in [7, 11) is 0. The third kappa shape index (κ3) is 5.21. The minimum Gasteiger partial charge on any atom is -0.204 e. The molecule has 2 saturated carbocycles. The molecule has 2 aromatic rings. The van der Waals surface area contributed by atoms with Crippen molar-refractivity contribution in [3.05, 3.63) is 89.5 Å². The fourth-order valence-electron chi connectivity index (χ4n) is 6.89.